The third-order valence-corrected chi connectivity index (χ3v) is 3.16. The molecule has 0 saturated carbocycles. The number of hydrogen-bond acceptors (Lipinski definition) is 3. The second-order valence-corrected chi connectivity index (χ2v) is 6.05. The highest BCUT2D eigenvalue weighted by Gasteiger charge is 2.19. The first kappa shape index (κ1) is 14.9. The number of amides is 1. The van der Waals surface area contributed by atoms with Gasteiger partial charge in [0.25, 0.3) is 0 Å². The molecule has 0 fully saturated rings. The molecule has 1 N–H and O–H groups in total. The molecule has 0 bridgehead atoms. The van der Waals surface area contributed by atoms with Gasteiger partial charge in [-0.15, -0.1) is 11.8 Å². The normalized spacial score (nSPS) is 12.9. The summed E-state index contributed by atoms with van der Waals surface area (Å²) in [6.45, 7) is 7.46. The fraction of sp³-hybridized carbons (Fsp3) is 0.429. The summed E-state index contributed by atoms with van der Waals surface area (Å²) in [7, 11) is 0. The molecule has 0 aliphatic carbocycles. The molecule has 1 rings (SSSR count). The van der Waals surface area contributed by atoms with Crippen LogP contribution in [0.2, 0.25) is 0 Å². The number of nitrogens with one attached hydrogen (secondary N) is 1. The fourth-order valence-electron chi connectivity index (χ4n) is 1.25. The molecule has 0 aliphatic rings. The number of carbonyl (C=O) groups is 1. The highest BCUT2D eigenvalue weighted by atomic mass is 32.2. The molecule has 1 aromatic rings. The Bertz CT molecular complexity index is 373. The quantitative estimate of drug-likeness (QED) is 0.664. The molecule has 1 amide bonds. The van der Waals surface area contributed by atoms with E-state index in [1.54, 1.807) is 11.8 Å². The van der Waals surface area contributed by atoms with E-state index in [0.717, 1.165) is 4.90 Å². The minimum atomic E-state index is -0.472. The number of ether oxygens (including phenoxy) is 1. The summed E-state index contributed by atoms with van der Waals surface area (Å²) >= 11 is 1.58. The second-order valence-electron chi connectivity index (χ2n) is 4.83. The van der Waals surface area contributed by atoms with Crippen LogP contribution in [0.25, 0.3) is 0 Å². The van der Waals surface area contributed by atoms with Gasteiger partial charge in [-0.05, 0) is 39.3 Å². The van der Waals surface area contributed by atoms with E-state index in [1.807, 2.05) is 64.4 Å². The van der Waals surface area contributed by atoms with Crippen molar-refractivity contribution >= 4 is 17.9 Å². The van der Waals surface area contributed by atoms with E-state index in [2.05, 4.69) is 5.32 Å². The van der Waals surface area contributed by atoms with Gasteiger partial charge in [-0.25, -0.2) is 4.79 Å². The smallest absolute Gasteiger partial charge is 0.408 e. The molecular formula is C14H20NO2S. The number of alkyl carbamates (subject to hydrolysis) is 1. The van der Waals surface area contributed by atoms with Crippen molar-refractivity contribution in [3.63, 3.8) is 0 Å². The number of hydrogen-bond donors (Lipinski definition) is 1. The topological polar surface area (TPSA) is 38.3 Å². The van der Waals surface area contributed by atoms with Crippen LogP contribution in [0.5, 0.6) is 0 Å². The van der Waals surface area contributed by atoms with Crippen molar-refractivity contribution in [1.29, 1.82) is 0 Å². The molecule has 1 aromatic carbocycles. The standard InChI is InChI=1S/C14H20NO2S/c1-5-12(15-13(16)17-14(2,3)4)18-11-9-7-6-8-10-11/h5-10,12H,1-4H3,(H,15,16). The molecule has 1 radical (unpaired) electrons. The molecule has 3 nitrogen and oxygen atoms in total. The molecule has 18 heavy (non-hydrogen) atoms. The number of thioether (sulfide) groups is 1. The van der Waals surface area contributed by atoms with Gasteiger partial charge in [-0.1, -0.05) is 25.1 Å². The van der Waals surface area contributed by atoms with Crippen molar-refractivity contribution < 1.29 is 9.53 Å². The van der Waals surface area contributed by atoms with Crippen molar-refractivity contribution in [1.82, 2.24) is 5.32 Å². The summed E-state index contributed by atoms with van der Waals surface area (Å²) < 4.78 is 5.22. The molecular weight excluding hydrogens is 246 g/mol. The van der Waals surface area contributed by atoms with Crippen LogP contribution in [0.1, 0.15) is 27.7 Å². The lowest BCUT2D eigenvalue weighted by atomic mass is 10.2. The van der Waals surface area contributed by atoms with Gasteiger partial charge in [-0.3, -0.25) is 0 Å². The Balaban J connectivity index is 2.50. The largest absolute Gasteiger partial charge is 0.444 e. The van der Waals surface area contributed by atoms with E-state index in [4.69, 9.17) is 4.74 Å². The van der Waals surface area contributed by atoms with E-state index < -0.39 is 11.7 Å². The Morgan fingerprint density at radius 3 is 2.44 bits per heavy atom. The van der Waals surface area contributed by atoms with Crippen molar-refractivity contribution in [2.24, 2.45) is 0 Å². The van der Waals surface area contributed by atoms with Crippen LogP contribution in [0, 0.1) is 6.42 Å². The molecule has 0 spiro atoms. The van der Waals surface area contributed by atoms with Gasteiger partial charge in [0.15, 0.2) is 0 Å². The average Bonchev–Trinajstić information content (AvgIpc) is 2.27. The van der Waals surface area contributed by atoms with Crippen molar-refractivity contribution in [3.8, 4) is 0 Å². The van der Waals surface area contributed by atoms with Crippen LogP contribution in [0.3, 0.4) is 0 Å². The minimum absolute atomic E-state index is 0.0951. The van der Waals surface area contributed by atoms with Gasteiger partial charge in [0.2, 0.25) is 0 Å². The summed E-state index contributed by atoms with van der Waals surface area (Å²) in [4.78, 5) is 12.8. The van der Waals surface area contributed by atoms with Gasteiger partial charge < -0.3 is 10.1 Å². The van der Waals surface area contributed by atoms with E-state index in [9.17, 15) is 4.79 Å². The summed E-state index contributed by atoms with van der Waals surface area (Å²) in [6, 6.07) is 9.94. The zero-order valence-electron chi connectivity index (χ0n) is 11.3. The highest BCUT2D eigenvalue weighted by molar-refractivity contribution is 8.00. The first-order valence-corrected chi connectivity index (χ1v) is 6.79. The van der Waals surface area contributed by atoms with Crippen LogP contribution in [0.4, 0.5) is 4.79 Å². The zero-order valence-corrected chi connectivity index (χ0v) is 12.1. The van der Waals surface area contributed by atoms with Gasteiger partial charge >= 0.3 is 6.09 Å². The molecule has 4 heteroatoms. The summed E-state index contributed by atoms with van der Waals surface area (Å²) in [6.07, 6.45) is 1.54. The Morgan fingerprint density at radius 2 is 1.94 bits per heavy atom. The molecule has 99 valence electrons. The molecule has 1 unspecified atom stereocenters. The Morgan fingerprint density at radius 1 is 1.33 bits per heavy atom. The number of carbonyl (C=O) groups excluding carboxylic acids is 1. The zero-order chi connectivity index (χ0) is 13.6. The maximum Gasteiger partial charge on any atom is 0.408 e. The molecule has 0 aliphatic heterocycles. The van der Waals surface area contributed by atoms with Gasteiger partial charge in [-0.2, -0.15) is 0 Å². The van der Waals surface area contributed by atoms with E-state index in [-0.39, 0.29) is 5.37 Å². The Kier molecular flexibility index (Phi) is 5.54. The lowest BCUT2D eigenvalue weighted by Gasteiger charge is -2.22. The van der Waals surface area contributed by atoms with Crippen molar-refractivity contribution in [2.45, 2.75) is 43.6 Å². The molecule has 0 aromatic heterocycles. The number of benzene rings is 1. The maximum atomic E-state index is 11.7. The van der Waals surface area contributed by atoms with Crippen LogP contribution in [-0.4, -0.2) is 17.1 Å². The van der Waals surface area contributed by atoms with Crippen LogP contribution in [0.15, 0.2) is 35.2 Å². The van der Waals surface area contributed by atoms with Gasteiger partial charge in [0.1, 0.15) is 5.60 Å². The Labute approximate surface area is 113 Å². The molecule has 1 atom stereocenters. The first-order valence-electron chi connectivity index (χ1n) is 5.91. The van der Waals surface area contributed by atoms with Crippen LogP contribution in [-0.2, 0) is 4.74 Å². The van der Waals surface area contributed by atoms with Crippen LogP contribution >= 0.6 is 11.8 Å². The van der Waals surface area contributed by atoms with E-state index in [1.165, 1.54) is 0 Å². The third-order valence-electron chi connectivity index (χ3n) is 1.97. The summed E-state index contributed by atoms with van der Waals surface area (Å²) in [5.41, 5.74) is -0.472. The Hall–Kier alpha value is -1.16. The maximum absolute atomic E-state index is 11.7. The van der Waals surface area contributed by atoms with Crippen LogP contribution < -0.4 is 5.32 Å². The summed E-state index contributed by atoms with van der Waals surface area (Å²) in [5, 5.41) is 2.72. The molecule has 0 saturated heterocycles. The van der Waals surface area contributed by atoms with Gasteiger partial charge in [0.05, 0.1) is 5.37 Å². The highest BCUT2D eigenvalue weighted by Crippen LogP contribution is 2.23. The molecule has 0 heterocycles. The van der Waals surface area contributed by atoms with E-state index >= 15 is 0 Å². The lowest BCUT2D eigenvalue weighted by molar-refractivity contribution is 0.0526. The predicted molar refractivity (Wildman–Crippen MR) is 75.4 cm³/mol. The van der Waals surface area contributed by atoms with Crippen molar-refractivity contribution in [3.05, 3.63) is 36.8 Å². The first-order chi connectivity index (χ1) is 8.40. The average molecular weight is 266 g/mol. The lowest BCUT2D eigenvalue weighted by Crippen LogP contribution is -2.37. The van der Waals surface area contributed by atoms with E-state index in [0.29, 0.717) is 0 Å². The second kappa shape index (κ2) is 6.69. The minimum Gasteiger partial charge on any atom is -0.444 e. The fourth-order valence-corrected chi connectivity index (χ4v) is 2.15. The summed E-state index contributed by atoms with van der Waals surface area (Å²) in [5.74, 6) is 0. The van der Waals surface area contributed by atoms with Crippen molar-refractivity contribution in [2.75, 3.05) is 0 Å². The van der Waals surface area contributed by atoms with Gasteiger partial charge in [0, 0.05) is 4.90 Å². The SMILES string of the molecule is C[CH]C(NC(=O)OC(C)(C)C)Sc1ccccc1. The monoisotopic (exact) mass is 266 g/mol. The predicted octanol–water partition coefficient (Wildman–Crippen LogP) is 3.85. The third kappa shape index (κ3) is 5.96. The number of rotatable bonds is 4.